The third-order valence-corrected chi connectivity index (χ3v) is 2.70. The van der Waals surface area contributed by atoms with Crippen molar-refractivity contribution in [2.24, 2.45) is 0 Å². The van der Waals surface area contributed by atoms with Gasteiger partial charge in [-0.3, -0.25) is 4.79 Å². The normalized spacial score (nSPS) is 10.5. The summed E-state index contributed by atoms with van der Waals surface area (Å²) in [6, 6.07) is 1.06. The highest BCUT2D eigenvalue weighted by Crippen LogP contribution is 2.27. The van der Waals surface area contributed by atoms with Gasteiger partial charge < -0.3 is 0 Å². The van der Waals surface area contributed by atoms with Crippen LogP contribution in [0.2, 0.25) is 5.15 Å². The number of aldehydes is 1. The third kappa shape index (κ3) is 2.34. The summed E-state index contributed by atoms with van der Waals surface area (Å²) < 4.78 is 24.8. The number of halogens is 4. The predicted octanol–water partition coefficient (Wildman–Crippen LogP) is 3.09. The first-order valence-electron chi connectivity index (χ1n) is 3.15. The van der Waals surface area contributed by atoms with Crippen LogP contribution >= 0.6 is 34.2 Å². The molecular weight excluding hydrogens is 314 g/mol. The van der Waals surface area contributed by atoms with Gasteiger partial charge in [0.2, 0.25) is 0 Å². The quantitative estimate of drug-likeness (QED) is 0.477. The minimum atomic E-state index is -2.65. The molecule has 0 aliphatic rings. The Balaban J connectivity index is 3.35. The van der Waals surface area contributed by atoms with Gasteiger partial charge in [-0.1, -0.05) is 11.6 Å². The van der Waals surface area contributed by atoms with Crippen molar-refractivity contribution in [1.29, 1.82) is 0 Å². The molecule has 6 heteroatoms. The molecular formula is C7H3ClF2INO. The van der Waals surface area contributed by atoms with Gasteiger partial charge in [-0.2, -0.15) is 0 Å². The topological polar surface area (TPSA) is 30.0 Å². The van der Waals surface area contributed by atoms with Crippen molar-refractivity contribution in [3.05, 3.63) is 26.0 Å². The molecule has 13 heavy (non-hydrogen) atoms. The monoisotopic (exact) mass is 317 g/mol. The fraction of sp³-hybridized carbons (Fsp3) is 0.143. The molecule has 1 heterocycles. The Labute approximate surface area is 91.4 Å². The van der Waals surface area contributed by atoms with Gasteiger partial charge in [-0.05, 0) is 28.7 Å². The maximum Gasteiger partial charge on any atom is 0.265 e. The minimum absolute atomic E-state index is 0.0524. The lowest BCUT2D eigenvalue weighted by atomic mass is 10.2. The van der Waals surface area contributed by atoms with Crippen LogP contribution in [-0.2, 0) is 0 Å². The van der Waals surface area contributed by atoms with Crippen LogP contribution in [0.4, 0.5) is 8.78 Å². The largest absolute Gasteiger partial charge is 0.296 e. The Kier molecular flexibility index (Phi) is 3.55. The van der Waals surface area contributed by atoms with Gasteiger partial charge >= 0.3 is 0 Å². The Hall–Kier alpha value is -0.300. The highest BCUT2D eigenvalue weighted by atomic mass is 127. The van der Waals surface area contributed by atoms with Crippen LogP contribution in [-0.4, -0.2) is 11.3 Å². The number of carbonyl (C=O) groups is 1. The van der Waals surface area contributed by atoms with Crippen molar-refractivity contribution in [3.8, 4) is 0 Å². The van der Waals surface area contributed by atoms with Crippen LogP contribution < -0.4 is 0 Å². The van der Waals surface area contributed by atoms with Gasteiger partial charge in [-0.15, -0.1) is 0 Å². The van der Waals surface area contributed by atoms with Crippen molar-refractivity contribution in [2.75, 3.05) is 0 Å². The second-order valence-corrected chi connectivity index (χ2v) is 3.62. The van der Waals surface area contributed by atoms with E-state index in [0.29, 0.717) is 6.29 Å². The lowest BCUT2D eigenvalue weighted by Gasteiger charge is -2.04. The SMILES string of the molecule is O=Cc1nc(Cl)cc(C(F)F)c1I. The van der Waals surface area contributed by atoms with E-state index in [1.54, 1.807) is 22.6 Å². The maximum atomic E-state index is 12.3. The fourth-order valence-electron chi connectivity index (χ4n) is 0.773. The molecule has 0 saturated heterocycles. The first kappa shape index (κ1) is 10.8. The lowest BCUT2D eigenvalue weighted by molar-refractivity contribution is 0.111. The molecule has 0 amide bonds. The highest BCUT2D eigenvalue weighted by molar-refractivity contribution is 14.1. The van der Waals surface area contributed by atoms with E-state index < -0.39 is 6.43 Å². The van der Waals surface area contributed by atoms with Gasteiger partial charge in [0, 0.05) is 5.56 Å². The smallest absolute Gasteiger partial charge is 0.265 e. The first-order valence-corrected chi connectivity index (χ1v) is 4.61. The second kappa shape index (κ2) is 4.28. The molecule has 0 unspecified atom stereocenters. The number of aromatic nitrogens is 1. The molecule has 0 bridgehead atoms. The van der Waals surface area contributed by atoms with E-state index in [9.17, 15) is 13.6 Å². The zero-order chi connectivity index (χ0) is 10.0. The zero-order valence-corrected chi connectivity index (χ0v) is 9.01. The summed E-state index contributed by atoms with van der Waals surface area (Å²) in [5.74, 6) is 0. The number of nitrogens with zero attached hydrogens (tertiary/aromatic N) is 1. The average Bonchev–Trinajstić information content (AvgIpc) is 2.08. The Morgan fingerprint density at radius 2 is 2.23 bits per heavy atom. The molecule has 0 N–H and O–H groups in total. The minimum Gasteiger partial charge on any atom is -0.296 e. The third-order valence-electron chi connectivity index (χ3n) is 1.33. The van der Waals surface area contributed by atoms with E-state index in [1.165, 1.54) is 0 Å². The van der Waals surface area contributed by atoms with E-state index in [4.69, 9.17) is 11.6 Å². The molecule has 70 valence electrons. The molecule has 1 rings (SSSR count). The molecule has 0 spiro atoms. The van der Waals surface area contributed by atoms with Gasteiger partial charge in [0.25, 0.3) is 6.43 Å². The van der Waals surface area contributed by atoms with E-state index in [2.05, 4.69) is 4.98 Å². The summed E-state index contributed by atoms with van der Waals surface area (Å²) in [7, 11) is 0. The van der Waals surface area contributed by atoms with E-state index in [1.807, 2.05) is 0 Å². The van der Waals surface area contributed by atoms with Crippen molar-refractivity contribution in [1.82, 2.24) is 4.98 Å². The molecule has 0 aliphatic heterocycles. The van der Waals surface area contributed by atoms with Crippen LogP contribution in [0.15, 0.2) is 6.07 Å². The average molecular weight is 317 g/mol. The number of pyridine rings is 1. The van der Waals surface area contributed by atoms with Crippen LogP contribution in [0.25, 0.3) is 0 Å². The van der Waals surface area contributed by atoms with Gasteiger partial charge in [0.15, 0.2) is 6.29 Å². The van der Waals surface area contributed by atoms with E-state index in [0.717, 1.165) is 6.07 Å². The number of hydrogen-bond acceptors (Lipinski definition) is 2. The predicted molar refractivity (Wildman–Crippen MR) is 52.3 cm³/mol. The lowest BCUT2D eigenvalue weighted by Crippen LogP contribution is -1.99. The highest BCUT2D eigenvalue weighted by Gasteiger charge is 2.16. The van der Waals surface area contributed by atoms with Crippen LogP contribution in [0.5, 0.6) is 0 Å². The van der Waals surface area contributed by atoms with Gasteiger partial charge in [0.05, 0.1) is 3.57 Å². The molecule has 0 atom stereocenters. The summed E-state index contributed by atoms with van der Waals surface area (Å²) in [5.41, 5.74) is -0.314. The Morgan fingerprint density at radius 1 is 1.62 bits per heavy atom. The van der Waals surface area contributed by atoms with E-state index in [-0.39, 0.29) is 20.0 Å². The maximum absolute atomic E-state index is 12.3. The van der Waals surface area contributed by atoms with Crippen molar-refractivity contribution in [3.63, 3.8) is 0 Å². The Bertz CT molecular complexity index is 346. The summed E-state index contributed by atoms with van der Waals surface area (Å²) in [5, 5.41) is -0.0992. The Morgan fingerprint density at radius 3 is 2.69 bits per heavy atom. The van der Waals surface area contributed by atoms with Crippen LogP contribution in [0.1, 0.15) is 22.5 Å². The fourth-order valence-corrected chi connectivity index (χ4v) is 1.62. The first-order chi connectivity index (χ1) is 6.06. The number of alkyl halides is 2. The molecule has 2 nitrogen and oxygen atoms in total. The van der Waals surface area contributed by atoms with Crippen LogP contribution in [0.3, 0.4) is 0 Å². The summed E-state index contributed by atoms with van der Waals surface area (Å²) in [6.07, 6.45) is -2.24. The standard InChI is InChI=1S/C7H3ClF2INO/c8-5-1-3(7(9)10)6(11)4(2-13)12-5/h1-2,7H. The molecule has 0 aliphatic carbocycles. The van der Waals surface area contributed by atoms with E-state index >= 15 is 0 Å². The molecule has 0 fully saturated rings. The van der Waals surface area contributed by atoms with Gasteiger partial charge in [-0.25, -0.2) is 13.8 Å². The van der Waals surface area contributed by atoms with Gasteiger partial charge in [0.1, 0.15) is 10.8 Å². The summed E-state index contributed by atoms with van der Waals surface area (Å²) in [4.78, 5) is 14.0. The number of hydrogen-bond donors (Lipinski definition) is 0. The molecule has 1 aromatic rings. The van der Waals surface area contributed by atoms with Crippen molar-refractivity contribution in [2.45, 2.75) is 6.43 Å². The van der Waals surface area contributed by atoms with Crippen molar-refractivity contribution >= 4 is 40.5 Å². The second-order valence-electron chi connectivity index (χ2n) is 2.15. The summed E-state index contributed by atoms with van der Waals surface area (Å²) >= 11 is 7.08. The molecule has 0 aromatic carbocycles. The summed E-state index contributed by atoms with van der Waals surface area (Å²) in [6.45, 7) is 0. The molecule has 0 radical (unpaired) electrons. The van der Waals surface area contributed by atoms with Crippen LogP contribution in [0, 0.1) is 3.57 Å². The molecule has 1 aromatic heterocycles. The number of rotatable bonds is 2. The van der Waals surface area contributed by atoms with Crippen molar-refractivity contribution < 1.29 is 13.6 Å². The number of carbonyl (C=O) groups excluding carboxylic acids is 1. The molecule has 0 saturated carbocycles. The zero-order valence-electron chi connectivity index (χ0n) is 6.10.